The maximum atomic E-state index is 12.4. The predicted octanol–water partition coefficient (Wildman–Crippen LogP) is 3.01. The zero-order chi connectivity index (χ0) is 20.9. The van der Waals surface area contributed by atoms with Crippen LogP contribution in [0, 0.1) is 0 Å². The number of nitrogens with zero attached hydrogens (tertiary/aromatic N) is 4. The van der Waals surface area contributed by atoms with Crippen molar-refractivity contribution in [2.75, 3.05) is 37.8 Å². The van der Waals surface area contributed by atoms with Crippen molar-refractivity contribution >= 4 is 28.3 Å². The lowest BCUT2D eigenvalue weighted by molar-refractivity contribution is -0.117. The number of amides is 1. The van der Waals surface area contributed by atoms with Crippen LogP contribution in [-0.4, -0.2) is 52.5 Å². The molecule has 3 aromatic rings. The molecule has 0 spiro atoms. The van der Waals surface area contributed by atoms with Crippen molar-refractivity contribution in [1.82, 2.24) is 19.9 Å². The van der Waals surface area contributed by atoms with Crippen LogP contribution in [0.5, 0.6) is 5.75 Å². The summed E-state index contributed by atoms with van der Waals surface area (Å²) < 4.78 is 5.26. The van der Waals surface area contributed by atoms with E-state index in [4.69, 9.17) is 10.5 Å². The number of carbonyl (C=O) groups excluding carboxylic acids is 1. The number of rotatable bonds is 6. The van der Waals surface area contributed by atoms with Gasteiger partial charge in [0.15, 0.2) is 5.13 Å². The molecule has 30 heavy (non-hydrogen) atoms. The van der Waals surface area contributed by atoms with E-state index in [0.29, 0.717) is 11.7 Å². The second-order valence-corrected chi connectivity index (χ2v) is 8.11. The molecule has 0 radical (unpaired) electrons. The molecule has 2 aromatic heterocycles. The predicted molar refractivity (Wildman–Crippen MR) is 118 cm³/mol. The van der Waals surface area contributed by atoms with Gasteiger partial charge in [-0.2, -0.15) is 0 Å². The number of likely N-dealkylation sites (tertiary alicyclic amines) is 1. The molecular weight excluding hydrogens is 400 g/mol. The number of nitrogens with two attached hydrogens (primary N) is 1. The van der Waals surface area contributed by atoms with Crippen molar-refractivity contribution in [2.24, 2.45) is 0 Å². The van der Waals surface area contributed by atoms with Gasteiger partial charge in [0.05, 0.1) is 19.3 Å². The second kappa shape index (κ2) is 9.19. The van der Waals surface area contributed by atoms with Gasteiger partial charge in [-0.1, -0.05) is 12.1 Å². The van der Waals surface area contributed by atoms with E-state index in [1.165, 1.54) is 11.3 Å². The molecular formula is C21H24N6O2S. The first-order valence-corrected chi connectivity index (χ1v) is 10.7. The zero-order valence-electron chi connectivity index (χ0n) is 16.7. The van der Waals surface area contributed by atoms with Crippen LogP contribution >= 0.6 is 11.3 Å². The quantitative estimate of drug-likeness (QED) is 0.626. The van der Waals surface area contributed by atoms with E-state index in [0.717, 1.165) is 48.5 Å². The number of nitrogens with one attached hydrogen (secondary N) is 1. The summed E-state index contributed by atoms with van der Waals surface area (Å²) in [5.41, 5.74) is 8.83. The van der Waals surface area contributed by atoms with E-state index in [-0.39, 0.29) is 17.8 Å². The van der Waals surface area contributed by atoms with Gasteiger partial charge >= 0.3 is 0 Å². The third kappa shape index (κ3) is 4.74. The van der Waals surface area contributed by atoms with E-state index in [9.17, 15) is 4.79 Å². The minimum atomic E-state index is -0.0526. The molecule has 0 saturated carbocycles. The Kier molecular flexibility index (Phi) is 6.20. The lowest BCUT2D eigenvalue weighted by Gasteiger charge is -2.32. The van der Waals surface area contributed by atoms with Crippen molar-refractivity contribution in [3.8, 4) is 16.9 Å². The van der Waals surface area contributed by atoms with Crippen molar-refractivity contribution in [3.63, 3.8) is 0 Å². The minimum absolute atomic E-state index is 0.0526. The van der Waals surface area contributed by atoms with Gasteiger partial charge in [-0.25, -0.2) is 15.0 Å². The van der Waals surface area contributed by atoms with Crippen molar-refractivity contribution in [2.45, 2.75) is 18.8 Å². The first-order chi connectivity index (χ1) is 14.6. The van der Waals surface area contributed by atoms with Gasteiger partial charge in [-0.15, -0.1) is 11.3 Å². The number of nitrogen functional groups attached to an aromatic ring is 1. The van der Waals surface area contributed by atoms with Gasteiger partial charge in [0.25, 0.3) is 0 Å². The first-order valence-electron chi connectivity index (χ1n) is 9.81. The second-order valence-electron chi connectivity index (χ2n) is 7.22. The fourth-order valence-electron chi connectivity index (χ4n) is 3.78. The lowest BCUT2D eigenvalue weighted by atomic mass is 9.90. The molecule has 8 nitrogen and oxygen atoms in total. The number of ether oxygens (including phenoxy) is 1. The summed E-state index contributed by atoms with van der Waals surface area (Å²) in [6.45, 7) is 1.94. The number of anilines is 2. The van der Waals surface area contributed by atoms with Gasteiger partial charge in [0, 0.05) is 35.8 Å². The Morgan fingerprint density at radius 2 is 2.17 bits per heavy atom. The molecule has 1 amide bonds. The third-order valence-electron chi connectivity index (χ3n) is 5.18. The average molecular weight is 425 g/mol. The van der Waals surface area contributed by atoms with Crippen LogP contribution in [0.15, 0.2) is 42.0 Å². The van der Waals surface area contributed by atoms with Gasteiger partial charge < -0.3 is 15.8 Å². The van der Waals surface area contributed by atoms with Crippen LogP contribution in [0.3, 0.4) is 0 Å². The number of thiazole rings is 1. The first kappa shape index (κ1) is 20.2. The minimum Gasteiger partial charge on any atom is -0.497 e. The maximum Gasteiger partial charge on any atom is 0.240 e. The Balaban J connectivity index is 1.51. The third-order valence-corrected chi connectivity index (χ3v) is 5.86. The summed E-state index contributed by atoms with van der Waals surface area (Å²) in [6, 6.07) is 7.84. The number of hydrogen-bond acceptors (Lipinski definition) is 8. The molecule has 156 valence electrons. The molecule has 1 aliphatic rings. The molecule has 1 atom stereocenters. The molecule has 9 heteroatoms. The highest BCUT2D eigenvalue weighted by molar-refractivity contribution is 7.13. The lowest BCUT2D eigenvalue weighted by Crippen LogP contribution is -2.40. The summed E-state index contributed by atoms with van der Waals surface area (Å²) in [5.74, 6) is 1.18. The molecule has 1 aliphatic heterocycles. The van der Waals surface area contributed by atoms with Gasteiger partial charge in [0.1, 0.15) is 5.75 Å². The van der Waals surface area contributed by atoms with Crippen molar-refractivity contribution < 1.29 is 9.53 Å². The van der Waals surface area contributed by atoms with E-state index >= 15 is 0 Å². The molecule has 4 rings (SSSR count). The van der Waals surface area contributed by atoms with Crippen LogP contribution in [0.25, 0.3) is 11.1 Å². The van der Waals surface area contributed by atoms with Crippen LogP contribution in [0.2, 0.25) is 0 Å². The Morgan fingerprint density at radius 3 is 2.90 bits per heavy atom. The summed E-state index contributed by atoms with van der Waals surface area (Å²) in [6.07, 6.45) is 5.44. The van der Waals surface area contributed by atoms with Crippen molar-refractivity contribution in [1.29, 1.82) is 0 Å². The number of hydrogen-bond donors (Lipinski definition) is 2. The molecule has 1 unspecified atom stereocenters. The maximum absolute atomic E-state index is 12.4. The van der Waals surface area contributed by atoms with Crippen molar-refractivity contribution in [3.05, 3.63) is 47.7 Å². The standard InChI is InChI=1S/C21H24N6O2S/c1-29-16-6-4-14(5-7-16)17-11-24-20(22)26-19(17)15-3-2-9-27(12-15)13-18(28)25-21-23-8-10-30-21/h4-8,10-11,15H,2-3,9,12-13H2,1H3,(H2,22,24,26)(H,23,25,28). The van der Waals surface area contributed by atoms with Crippen LogP contribution in [0.4, 0.5) is 11.1 Å². The monoisotopic (exact) mass is 424 g/mol. The highest BCUT2D eigenvalue weighted by atomic mass is 32.1. The summed E-state index contributed by atoms with van der Waals surface area (Å²) in [7, 11) is 1.65. The Bertz CT molecular complexity index is 993. The number of aromatic nitrogens is 3. The molecule has 3 N–H and O–H groups in total. The zero-order valence-corrected chi connectivity index (χ0v) is 17.6. The average Bonchev–Trinajstić information content (AvgIpc) is 3.27. The van der Waals surface area contributed by atoms with Crippen LogP contribution < -0.4 is 15.8 Å². The van der Waals surface area contributed by atoms with Gasteiger partial charge in [0.2, 0.25) is 11.9 Å². The topological polar surface area (TPSA) is 106 Å². The number of carbonyl (C=O) groups is 1. The SMILES string of the molecule is COc1ccc(-c2cnc(N)nc2C2CCCN(CC(=O)Nc3nccs3)C2)cc1. The van der Waals surface area contributed by atoms with E-state index in [1.807, 2.05) is 29.6 Å². The number of piperidine rings is 1. The fraction of sp³-hybridized carbons (Fsp3) is 0.333. The summed E-state index contributed by atoms with van der Waals surface area (Å²) in [4.78, 5) is 27.5. The summed E-state index contributed by atoms with van der Waals surface area (Å²) in [5, 5.41) is 5.31. The Hall–Kier alpha value is -3.04. The molecule has 3 heterocycles. The van der Waals surface area contributed by atoms with E-state index < -0.39 is 0 Å². The van der Waals surface area contributed by atoms with Crippen LogP contribution in [-0.2, 0) is 4.79 Å². The number of methoxy groups -OCH3 is 1. The molecule has 1 aromatic carbocycles. The smallest absolute Gasteiger partial charge is 0.240 e. The van der Waals surface area contributed by atoms with Gasteiger partial charge in [-0.3, -0.25) is 9.69 Å². The van der Waals surface area contributed by atoms with Gasteiger partial charge in [-0.05, 0) is 37.1 Å². The normalized spacial score (nSPS) is 16.9. The molecule has 1 saturated heterocycles. The highest BCUT2D eigenvalue weighted by Gasteiger charge is 2.26. The Labute approximate surface area is 179 Å². The largest absolute Gasteiger partial charge is 0.497 e. The number of benzene rings is 1. The van der Waals surface area contributed by atoms with E-state index in [1.54, 1.807) is 19.5 Å². The molecule has 0 bridgehead atoms. The summed E-state index contributed by atoms with van der Waals surface area (Å²) >= 11 is 1.41. The molecule has 0 aliphatic carbocycles. The Morgan fingerprint density at radius 1 is 1.33 bits per heavy atom. The fourth-order valence-corrected chi connectivity index (χ4v) is 4.33. The van der Waals surface area contributed by atoms with E-state index in [2.05, 4.69) is 25.2 Å². The highest BCUT2D eigenvalue weighted by Crippen LogP contribution is 2.34. The van der Waals surface area contributed by atoms with Crippen LogP contribution in [0.1, 0.15) is 24.5 Å². The molecule has 1 fully saturated rings.